The quantitative estimate of drug-likeness (QED) is 0.800. The number of halogens is 1. The minimum absolute atomic E-state index is 0.171. The zero-order chi connectivity index (χ0) is 15.9. The molecule has 1 amide bonds. The van der Waals surface area contributed by atoms with E-state index in [1.54, 1.807) is 12.1 Å². The zero-order valence-corrected chi connectivity index (χ0v) is 13.2. The van der Waals surface area contributed by atoms with Gasteiger partial charge in [-0.1, -0.05) is 46.3 Å². The molecular formula is C16H14BrNO4. The highest BCUT2D eigenvalue weighted by molar-refractivity contribution is 9.10. The van der Waals surface area contributed by atoms with Crippen LogP contribution in [-0.4, -0.2) is 18.5 Å². The van der Waals surface area contributed by atoms with E-state index in [1.807, 2.05) is 30.3 Å². The summed E-state index contributed by atoms with van der Waals surface area (Å²) in [5, 5.41) is 0. The average molecular weight is 364 g/mol. The molecule has 0 aromatic heterocycles. The van der Waals surface area contributed by atoms with E-state index in [-0.39, 0.29) is 24.5 Å². The van der Waals surface area contributed by atoms with Gasteiger partial charge in [-0.3, -0.25) is 4.79 Å². The summed E-state index contributed by atoms with van der Waals surface area (Å²) in [6, 6.07) is 14.1. The molecule has 0 atom stereocenters. The van der Waals surface area contributed by atoms with Gasteiger partial charge in [0, 0.05) is 4.47 Å². The highest BCUT2D eigenvalue weighted by atomic mass is 79.9. The number of carbonyl (C=O) groups is 2. The lowest BCUT2D eigenvalue weighted by atomic mass is 10.2. The zero-order valence-electron chi connectivity index (χ0n) is 11.6. The molecule has 22 heavy (non-hydrogen) atoms. The average Bonchev–Trinajstić information content (AvgIpc) is 2.51. The Morgan fingerprint density at radius 1 is 1.09 bits per heavy atom. The lowest BCUT2D eigenvalue weighted by molar-refractivity contribution is -0.147. The van der Waals surface area contributed by atoms with Gasteiger partial charge in [-0.05, 0) is 23.8 Å². The predicted molar refractivity (Wildman–Crippen MR) is 84.4 cm³/mol. The monoisotopic (exact) mass is 363 g/mol. The first-order valence-electron chi connectivity index (χ1n) is 6.48. The van der Waals surface area contributed by atoms with Crippen LogP contribution in [-0.2, 0) is 16.1 Å². The van der Waals surface area contributed by atoms with E-state index in [2.05, 4.69) is 15.9 Å². The van der Waals surface area contributed by atoms with Crippen molar-refractivity contribution in [2.45, 2.75) is 6.61 Å². The van der Waals surface area contributed by atoms with Crippen molar-refractivity contribution in [2.24, 2.45) is 5.73 Å². The number of amides is 1. The van der Waals surface area contributed by atoms with E-state index in [0.29, 0.717) is 4.47 Å². The molecule has 2 rings (SSSR count). The SMILES string of the molecule is NC(=O)c1ccc(Br)cc1OCC(=O)OCc1ccccc1. The lowest BCUT2D eigenvalue weighted by Crippen LogP contribution is -2.18. The van der Waals surface area contributed by atoms with Gasteiger partial charge in [0.1, 0.15) is 12.4 Å². The Morgan fingerprint density at radius 2 is 1.82 bits per heavy atom. The fourth-order valence-corrected chi connectivity index (χ4v) is 2.08. The third-order valence-corrected chi connectivity index (χ3v) is 3.29. The summed E-state index contributed by atoms with van der Waals surface area (Å²) in [6.45, 7) is -0.131. The summed E-state index contributed by atoms with van der Waals surface area (Å²) in [6.07, 6.45) is 0. The fraction of sp³-hybridized carbons (Fsp3) is 0.125. The first-order valence-corrected chi connectivity index (χ1v) is 7.27. The lowest BCUT2D eigenvalue weighted by Gasteiger charge is -2.10. The summed E-state index contributed by atoms with van der Waals surface area (Å²) in [5.74, 6) is -0.919. The van der Waals surface area contributed by atoms with Gasteiger partial charge >= 0.3 is 5.97 Å². The van der Waals surface area contributed by atoms with Crippen molar-refractivity contribution in [3.63, 3.8) is 0 Å². The van der Waals surface area contributed by atoms with E-state index in [0.717, 1.165) is 5.56 Å². The second-order valence-corrected chi connectivity index (χ2v) is 5.36. The van der Waals surface area contributed by atoms with Gasteiger partial charge in [-0.15, -0.1) is 0 Å². The molecule has 0 bridgehead atoms. The van der Waals surface area contributed by atoms with Crippen LogP contribution in [0.4, 0.5) is 0 Å². The number of ether oxygens (including phenoxy) is 2. The Kier molecular flexibility index (Phi) is 5.55. The maximum Gasteiger partial charge on any atom is 0.344 e. The van der Waals surface area contributed by atoms with Gasteiger partial charge in [0.15, 0.2) is 6.61 Å². The van der Waals surface area contributed by atoms with E-state index >= 15 is 0 Å². The van der Waals surface area contributed by atoms with Crippen LogP contribution in [0.25, 0.3) is 0 Å². The molecule has 0 unspecified atom stereocenters. The van der Waals surface area contributed by atoms with Gasteiger partial charge in [0.25, 0.3) is 5.91 Å². The number of benzene rings is 2. The molecule has 0 saturated carbocycles. The largest absolute Gasteiger partial charge is 0.481 e. The van der Waals surface area contributed by atoms with E-state index in [1.165, 1.54) is 6.07 Å². The molecule has 2 aromatic carbocycles. The molecule has 5 nitrogen and oxygen atoms in total. The molecule has 0 aliphatic rings. The molecule has 0 aliphatic carbocycles. The van der Waals surface area contributed by atoms with Crippen LogP contribution < -0.4 is 10.5 Å². The van der Waals surface area contributed by atoms with Crippen molar-refractivity contribution >= 4 is 27.8 Å². The van der Waals surface area contributed by atoms with Crippen LogP contribution in [0.15, 0.2) is 53.0 Å². The Labute approximate surface area is 136 Å². The second kappa shape index (κ2) is 7.61. The fourth-order valence-electron chi connectivity index (χ4n) is 1.74. The molecule has 114 valence electrons. The van der Waals surface area contributed by atoms with Crippen LogP contribution in [0.5, 0.6) is 5.75 Å². The minimum Gasteiger partial charge on any atom is -0.481 e. The van der Waals surface area contributed by atoms with Gasteiger partial charge < -0.3 is 15.2 Å². The van der Waals surface area contributed by atoms with Crippen LogP contribution >= 0.6 is 15.9 Å². The number of rotatable bonds is 6. The summed E-state index contributed by atoms with van der Waals surface area (Å²) in [4.78, 5) is 23.0. The molecule has 0 aliphatic heterocycles. The Morgan fingerprint density at radius 3 is 2.50 bits per heavy atom. The number of carbonyl (C=O) groups excluding carboxylic acids is 2. The van der Waals surface area contributed by atoms with Crippen LogP contribution in [0.1, 0.15) is 15.9 Å². The second-order valence-electron chi connectivity index (χ2n) is 4.44. The molecule has 0 saturated heterocycles. The minimum atomic E-state index is -0.625. The third kappa shape index (κ3) is 4.60. The first kappa shape index (κ1) is 16.0. The molecule has 6 heteroatoms. The van der Waals surface area contributed by atoms with Crippen molar-refractivity contribution in [2.75, 3.05) is 6.61 Å². The van der Waals surface area contributed by atoms with E-state index in [4.69, 9.17) is 15.2 Å². The standard InChI is InChI=1S/C16H14BrNO4/c17-12-6-7-13(16(18)20)14(8-12)21-10-15(19)22-9-11-4-2-1-3-5-11/h1-8H,9-10H2,(H2,18,20). The predicted octanol–water partition coefficient (Wildman–Crippen LogP) is 2.67. The molecule has 2 N–H and O–H groups in total. The summed E-state index contributed by atoms with van der Waals surface area (Å²) < 4.78 is 11.1. The first-order chi connectivity index (χ1) is 10.6. The Balaban J connectivity index is 1.91. The molecule has 0 fully saturated rings. The van der Waals surface area contributed by atoms with Gasteiger partial charge in [0.2, 0.25) is 0 Å². The van der Waals surface area contributed by atoms with Crippen molar-refractivity contribution < 1.29 is 19.1 Å². The van der Waals surface area contributed by atoms with Crippen LogP contribution in [0.3, 0.4) is 0 Å². The van der Waals surface area contributed by atoms with Crippen LogP contribution in [0, 0.1) is 0 Å². The summed E-state index contributed by atoms with van der Waals surface area (Å²) >= 11 is 3.27. The number of nitrogens with two attached hydrogens (primary N) is 1. The summed E-state index contributed by atoms with van der Waals surface area (Å²) in [5.41, 5.74) is 6.35. The number of esters is 1. The Hall–Kier alpha value is -2.34. The maximum absolute atomic E-state index is 11.7. The van der Waals surface area contributed by atoms with Crippen molar-refractivity contribution in [1.29, 1.82) is 0 Å². The van der Waals surface area contributed by atoms with Crippen LogP contribution in [0.2, 0.25) is 0 Å². The normalized spacial score (nSPS) is 10.0. The van der Waals surface area contributed by atoms with E-state index in [9.17, 15) is 9.59 Å². The number of hydrogen-bond donors (Lipinski definition) is 1. The van der Waals surface area contributed by atoms with Gasteiger partial charge in [0.05, 0.1) is 5.56 Å². The number of hydrogen-bond acceptors (Lipinski definition) is 4. The van der Waals surface area contributed by atoms with E-state index < -0.39 is 11.9 Å². The highest BCUT2D eigenvalue weighted by Gasteiger charge is 2.12. The van der Waals surface area contributed by atoms with Gasteiger partial charge in [-0.2, -0.15) is 0 Å². The van der Waals surface area contributed by atoms with Gasteiger partial charge in [-0.25, -0.2) is 4.79 Å². The Bertz CT molecular complexity index is 673. The maximum atomic E-state index is 11.7. The molecule has 0 spiro atoms. The molecule has 0 radical (unpaired) electrons. The molecule has 0 heterocycles. The third-order valence-electron chi connectivity index (χ3n) is 2.80. The van der Waals surface area contributed by atoms with Crippen molar-refractivity contribution in [1.82, 2.24) is 0 Å². The topological polar surface area (TPSA) is 78.6 Å². The highest BCUT2D eigenvalue weighted by Crippen LogP contribution is 2.23. The summed E-state index contributed by atoms with van der Waals surface area (Å²) in [7, 11) is 0. The molecule has 2 aromatic rings. The number of primary amides is 1. The van der Waals surface area contributed by atoms with Crippen molar-refractivity contribution in [3.8, 4) is 5.75 Å². The molecular weight excluding hydrogens is 350 g/mol. The van der Waals surface area contributed by atoms with Crippen molar-refractivity contribution in [3.05, 3.63) is 64.1 Å². The smallest absolute Gasteiger partial charge is 0.344 e.